The SMILES string of the molecule is O=C(O)/C=C/c1cccc(NC(=O)c2ccoc2)c1. The molecule has 0 bridgehead atoms. The van der Waals surface area contributed by atoms with Crippen LogP contribution in [-0.2, 0) is 4.79 Å². The van der Waals surface area contributed by atoms with Gasteiger partial charge in [-0.1, -0.05) is 12.1 Å². The van der Waals surface area contributed by atoms with Gasteiger partial charge in [0, 0.05) is 11.8 Å². The summed E-state index contributed by atoms with van der Waals surface area (Å²) in [6, 6.07) is 8.43. The third-order valence-corrected chi connectivity index (χ3v) is 2.35. The van der Waals surface area contributed by atoms with Crippen molar-refractivity contribution in [3.63, 3.8) is 0 Å². The number of anilines is 1. The van der Waals surface area contributed by atoms with E-state index in [2.05, 4.69) is 5.32 Å². The van der Waals surface area contributed by atoms with E-state index in [1.807, 2.05) is 0 Å². The first-order valence-corrected chi connectivity index (χ1v) is 5.50. The van der Waals surface area contributed by atoms with Crippen LogP contribution in [0.1, 0.15) is 15.9 Å². The van der Waals surface area contributed by atoms with Gasteiger partial charge in [-0.15, -0.1) is 0 Å². The highest BCUT2D eigenvalue weighted by atomic mass is 16.4. The summed E-state index contributed by atoms with van der Waals surface area (Å²) in [4.78, 5) is 22.2. The van der Waals surface area contributed by atoms with Crippen molar-refractivity contribution in [2.45, 2.75) is 0 Å². The molecule has 0 saturated carbocycles. The van der Waals surface area contributed by atoms with E-state index in [1.165, 1.54) is 18.6 Å². The lowest BCUT2D eigenvalue weighted by Crippen LogP contribution is -2.10. The highest BCUT2D eigenvalue weighted by Crippen LogP contribution is 2.13. The standard InChI is InChI=1S/C14H11NO4/c16-13(17)5-4-10-2-1-3-12(8-10)15-14(18)11-6-7-19-9-11/h1-9H,(H,15,18)(H,16,17)/b5-4+. The van der Waals surface area contributed by atoms with Crippen LogP contribution in [0, 0.1) is 0 Å². The summed E-state index contributed by atoms with van der Waals surface area (Å²) in [5, 5.41) is 11.2. The van der Waals surface area contributed by atoms with Gasteiger partial charge in [0.15, 0.2) is 0 Å². The second-order valence-corrected chi connectivity index (χ2v) is 3.76. The Bertz CT molecular complexity index is 614. The Morgan fingerprint density at radius 1 is 1.26 bits per heavy atom. The van der Waals surface area contributed by atoms with Crippen LogP contribution in [0.3, 0.4) is 0 Å². The van der Waals surface area contributed by atoms with E-state index in [0.29, 0.717) is 16.8 Å². The van der Waals surface area contributed by atoms with Crippen molar-refractivity contribution < 1.29 is 19.1 Å². The Labute approximate surface area is 109 Å². The van der Waals surface area contributed by atoms with Crippen molar-refractivity contribution in [1.82, 2.24) is 0 Å². The third-order valence-electron chi connectivity index (χ3n) is 2.35. The average Bonchev–Trinajstić information content (AvgIpc) is 2.91. The minimum Gasteiger partial charge on any atom is -0.478 e. The first kappa shape index (κ1) is 12.6. The Hall–Kier alpha value is -2.82. The molecule has 2 rings (SSSR count). The monoisotopic (exact) mass is 257 g/mol. The number of benzene rings is 1. The molecule has 1 heterocycles. The molecular formula is C14H11NO4. The van der Waals surface area contributed by atoms with E-state index in [9.17, 15) is 9.59 Å². The number of furan rings is 1. The maximum Gasteiger partial charge on any atom is 0.328 e. The minimum atomic E-state index is -1.02. The number of rotatable bonds is 4. The number of hydrogen-bond donors (Lipinski definition) is 2. The highest BCUT2D eigenvalue weighted by Gasteiger charge is 2.06. The van der Waals surface area contributed by atoms with E-state index >= 15 is 0 Å². The highest BCUT2D eigenvalue weighted by molar-refractivity contribution is 6.04. The van der Waals surface area contributed by atoms with E-state index in [4.69, 9.17) is 9.52 Å². The number of carboxylic acid groups (broad SMARTS) is 1. The summed E-state index contributed by atoms with van der Waals surface area (Å²) in [6.45, 7) is 0. The van der Waals surface area contributed by atoms with Crippen molar-refractivity contribution in [2.24, 2.45) is 0 Å². The van der Waals surface area contributed by atoms with Gasteiger partial charge in [-0.2, -0.15) is 0 Å². The molecule has 0 atom stereocenters. The van der Waals surface area contributed by atoms with Gasteiger partial charge in [0.1, 0.15) is 6.26 Å². The van der Waals surface area contributed by atoms with Crippen LogP contribution in [0.5, 0.6) is 0 Å². The fraction of sp³-hybridized carbons (Fsp3) is 0. The van der Waals surface area contributed by atoms with Crippen LogP contribution in [0.4, 0.5) is 5.69 Å². The number of carboxylic acids is 1. The van der Waals surface area contributed by atoms with Gasteiger partial charge < -0.3 is 14.8 Å². The zero-order chi connectivity index (χ0) is 13.7. The summed E-state index contributed by atoms with van der Waals surface area (Å²) >= 11 is 0. The van der Waals surface area contributed by atoms with Crippen LogP contribution in [0.25, 0.3) is 6.08 Å². The smallest absolute Gasteiger partial charge is 0.328 e. The van der Waals surface area contributed by atoms with Crippen molar-refractivity contribution in [3.8, 4) is 0 Å². The van der Waals surface area contributed by atoms with Crippen LogP contribution >= 0.6 is 0 Å². The Morgan fingerprint density at radius 2 is 2.11 bits per heavy atom. The third kappa shape index (κ3) is 3.57. The summed E-state index contributed by atoms with van der Waals surface area (Å²) in [5.41, 5.74) is 1.69. The van der Waals surface area contributed by atoms with Gasteiger partial charge in [0.2, 0.25) is 0 Å². The maximum atomic E-state index is 11.8. The largest absolute Gasteiger partial charge is 0.478 e. The first-order valence-electron chi connectivity index (χ1n) is 5.50. The molecule has 5 nitrogen and oxygen atoms in total. The first-order chi connectivity index (χ1) is 9.15. The molecule has 0 saturated heterocycles. The topological polar surface area (TPSA) is 79.5 Å². The van der Waals surface area contributed by atoms with Gasteiger partial charge in [-0.25, -0.2) is 4.79 Å². The van der Waals surface area contributed by atoms with E-state index < -0.39 is 5.97 Å². The molecule has 2 N–H and O–H groups in total. The molecule has 1 amide bonds. The Morgan fingerprint density at radius 3 is 2.79 bits per heavy atom. The fourth-order valence-electron chi connectivity index (χ4n) is 1.48. The quantitative estimate of drug-likeness (QED) is 0.825. The average molecular weight is 257 g/mol. The normalized spacial score (nSPS) is 10.5. The van der Waals surface area contributed by atoms with E-state index in [-0.39, 0.29) is 5.91 Å². The molecule has 0 fully saturated rings. The number of carbonyl (C=O) groups excluding carboxylic acids is 1. The molecule has 0 aliphatic heterocycles. The number of carbonyl (C=O) groups is 2. The Balaban J connectivity index is 2.11. The molecule has 1 aromatic carbocycles. The second kappa shape index (κ2) is 5.68. The number of hydrogen-bond acceptors (Lipinski definition) is 3. The van der Waals surface area contributed by atoms with Crippen LogP contribution < -0.4 is 5.32 Å². The summed E-state index contributed by atoms with van der Waals surface area (Å²) < 4.78 is 4.82. The van der Waals surface area contributed by atoms with Crippen molar-refractivity contribution in [3.05, 3.63) is 60.1 Å². The molecule has 0 aliphatic carbocycles. The van der Waals surface area contributed by atoms with Gasteiger partial charge in [-0.05, 0) is 29.8 Å². The number of amides is 1. The zero-order valence-electron chi connectivity index (χ0n) is 9.87. The van der Waals surface area contributed by atoms with Crippen molar-refractivity contribution in [1.29, 1.82) is 0 Å². The molecule has 96 valence electrons. The summed E-state index contributed by atoms with van der Waals surface area (Å²) in [6.07, 6.45) is 5.26. The lowest BCUT2D eigenvalue weighted by atomic mass is 10.2. The van der Waals surface area contributed by atoms with Gasteiger partial charge >= 0.3 is 5.97 Å². The summed E-state index contributed by atoms with van der Waals surface area (Å²) in [5.74, 6) is -1.30. The molecule has 0 aliphatic rings. The van der Waals surface area contributed by atoms with Crippen LogP contribution in [0.15, 0.2) is 53.4 Å². The number of nitrogens with one attached hydrogen (secondary N) is 1. The Kier molecular flexibility index (Phi) is 3.78. The molecule has 19 heavy (non-hydrogen) atoms. The molecule has 1 aromatic heterocycles. The van der Waals surface area contributed by atoms with E-state index in [0.717, 1.165) is 6.08 Å². The van der Waals surface area contributed by atoms with Gasteiger partial charge in [-0.3, -0.25) is 4.79 Å². The molecule has 2 aromatic rings. The van der Waals surface area contributed by atoms with Crippen LogP contribution in [-0.4, -0.2) is 17.0 Å². The van der Waals surface area contributed by atoms with Gasteiger partial charge in [0.05, 0.1) is 11.8 Å². The predicted molar refractivity (Wildman–Crippen MR) is 69.8 cm³/mol. The second-order valence-electron chi connectivity index (χ2n) is 3.76. The lowest BCUT2D eigenvalue weighted by molar-refractivity contribution is -0.131. The molecule has 5 heteroatoms. The van der Waals surface area contributed by atoms with Crippen molar-refractivity contribution >= 4 is 23.6 Å². The molecule has 0 unspecified atom stereocenters. The number of aliphatic carboxylic acids is 1. The van der Waals surface area contributed by atoms with E-state index in [1.54, 1.807) is 30.3 Å². The minimum absolute atomic E-state index is 0.284. The molecular weight excluding hydrogens is 246 g/mol. The zero-order valence-corrected chi connectivity index (χ0v) is 9.87. The maximum absolute atomic E-state index is 11.8. The predicted octanol–water partition coefficient (Wildman–Crippen LogP) is 2.63. The van der Waals surface area contributed by atoms with Crippen molar-refractivity contribution in [2.75, 3.05) is 5.32 Å². The lowest BCUT2D eigenvalue weighted by Gasteiger charge is -2.04. The molecule has 0 spiro atoms. The fourth-order valence-corrected chi connectivity index (χ4v) is 1.48. The van der Waals surface area contributed by atoms with Crippen LogP contribution in [0.2, 0.25) is 0 Å². The molecule has 0 radical (unpaired) electrons. The summed E-state index contributed by atoms with van der Waals surface area (Å²) in [7, 11) is 0. The van der Waals surface area contributed by atoms with Gasteiger partial charge in [0.25, 0.3) is 5.91 Å².